The number of carboxylic acid groups (broad SMARTS) is 1. The largest absolute Gasteiger partial charge is 0.481 e. The van der Waals surface area contributed by atoms with Crippen LogP contribution in [-0.4, -0.2) is 23.1 Å². The zero-order valence-electron chi connectivity index (χ0n) is 30.1. The van der Waals surface area contributed by atoms with Crippen molar-refractivity contribution in [3.05, 3.63) is 60.8 Å². The molecule has 0 heterocycles. The zero-order chi connectivity index (χ0) is 33.6. The fourth-order valence-electron chi connectivity index (χ4n) is 5.45. The summed E-state index contributed by atoms with van der Waals surface area (Å²) in [5.74, 6) is -0.691. The summed E-state index contributed by atoms with van der Waals surface area (Å²) < 4.78 is 5.94. The maximum atomic E-state index is 12.5. The molecule has 0 aliphatic rings. The molecule has 0 rings (SSSR count). The van der Waals surface area contributed by atoms with Gasteiger partial charge >= 0.3 is 11.9 Å². The van der Waals surface area contributed by atoms with Crippen molar-refractivity contribution in [3.8, 4) is 0 Å². The minimum absolute atomic E-state index is 0.0193. The third-order valence-corrected chi connectivity index (χ3v) is 8.25. The fraction of sp³-hybridized carbons (Fsp3) is 0.714. The van der Waals surface area contributed by atoms with Gasteiger partial charge < -0.3 is 9.84 Å². The molecule has 0 saturated heterocycles. The molecule has 0 bridgehead atoms. The Bertz CT molecular complexity index is 820. The van der Waals surface area contributed by atoms with E-state index < -0.39 is 5.97 Å². The highest BCUT2D eigenvalue weighted by Gasteiger charge is 2.14. The van der Waals surface area contributed by atoms with E-state index in [1.165, 1.54) is 77.0 Å². The number of carbonyl (C=O) groups is 2. The van der Waals surface area contributed by atoms with Crippen molar-refractivity contribution < 1.29 is 19.4 Å². The van der Waals surface area contributed by atoms with Crippen LogP contribution in [0.2, 0.25) is 0 Å². The first-order chi connectivity index (χ1) is 22.6. The van der Waals surface area contributed by atoms with Crippen molar-refractivity contribution in [2.24, 2.45) is 0 Å². The number of hydrogen-bond donors (Lipinski definition) is 1. The molecule has 4 nitrogen and oxygen atoms in total. The lowest BCUT2D eigenvalue weighted by atomic mass is 10.0. The summed E-state index contributed by atoms with van der Waals surface area (Å²) in [6.45, 7) is 4.38. The SMILES string of the molecule is CC/C=C\C/C=C\C/C=C\C/C=C\C/C=C\CCCC(=O)OC(CCCCC)CCCCCCCCCCCCCCCC(=O)O. The molecule has 0 aromatic rings. The van der Waals surface area contributed by atoms with Crippen LogP contribution in [0.4, 0.5) is 0 Å². The van der Waals surface area contributed by atoms with Crippen molar-refractivity contribution in [1.29, 1.82) is 0 Å². The Hall–Kier alpha value is -2.36. The first-order valence-corrected chi connectivity index (χ1v) is 19.3. The first kappa shape index (κ1) is 43.6. The summed E-state index contributed by atoms with van der Waals surface area (Å²) in [6, 6.07) is 0. The average Bonchev–Trinajstić information content (AvgIpc) is 3.04. The number of carboxylic acids is 1. The number of hydrogen-bond acceptors (Lipinski definition) is 3. The van der Waals surface area contributed by atoms with Gasteiger partial charge in [0.2, 0.25) is 0 Å². The summed E-state index contributed by atoms with van der Waals surface area (Å²) >= 11 is 0. The van der Waals surface area contributed by atoms with E-state index in [4.69, 9.17) is 9.84 Å². The quantitative estimate of drug-likeness (QED) is 0.0432. The molecule has 1 N–H and O–H groups in total. The zero-order valence-corrected chi connectivity index (χ0v) is 30.1. The number of allylic oxidation sites excluding steroid dienone is 10. The molecule has 4 heteroatoms. The minimum atomic E-state index is -0.672. The number of rotatable bonds is 34. The molecule has 1 atom stereocenters. The monoisotopic (exact) mass is 641 g/mol. The maximum Gasteiger partial charge on any atom is 0.306 e. The van der Waals surface area contributed by atoms with Gasteiger partial charge in [-0.05, 0) is 77.0 Å². The molecule has 0 aromatic heterocycles. The van der Waals surface area contributed by atoms with E-state index in [9.17, 15) is 9.59 Å². The Balaban J connectivity index is 3.86. The summed E-state index contributed by atoms with van der Waals surface area (Å²) in [4.78, 5) is 23.1. The van der Waals surface area contributed by atoms with Crippen molar-refractivity contribution in [2.45, 2.75) is 193 Å². The lowest BCUT2D eigenvalue weighted by molar-refractivity contribution is -0.150. The van der Waals surface area contributed by atoms with Crippen molar-refractivity contribution in [1.82, 2.24) is 0 Å². The highest BCUT2D eigenvalue weighted by molar-refractivity contribution is 5.69. The van der Waals surface area contributed by atoms with Gasteiger partial charge in [-0.1, -0.05) is 158 Å². The van der Waals surface area contributed by atoms with E-state index in [1.54, 1.807) is 0 Å². The van der Waals surface area contributed by atoms with Crippen LogP contribution < -0.4 is 0 Å². The van der Waals surface area contributed by atoms with Gasteiger partial charge in [-0.25, -0.2) is 0 Å². The molecule has 0 aromatic carbocycles. The number of aliphatic carboxylic acids is 1. The summed E-state index contributed by atoms with van der Waals surface area (Å²) in [7, 11) is 0. The normalized spacial score (nSPS) is 12.9. The van der Waals surface area contributed by atoms with Crippen LogP contribution in [0.25, 0.3) is 0 Å². The van der Waals surface area contributed by atoms with E-state index in [2.05, 4.69) is 74.6 Å². The summed E-state index contributed by atoms with van der Waals surface area (Å²) in [5.41, 5.74) is 0. The summed E-state index contributed by atoms with van der Waals surface area (Å²) in [5, 5.41) is 8.67. The highest BCUT2D eigenvalue weighted by atomic mass is 16.5. The second-order valence-electron chi connectivity index (χ2n) is 12.7. The third kappa shape index (κ3) is 36.1. The van der Waals surface area contributed by atoms with Crippen LogP contribution in [0.3, 0.4) is 0 Å². The van der Waals surface area contributed by atoms with E-state index in [1.807, 2.05) is 0 Å². The Morgan fingerprint density at radius 3 is 1.37 bits per heavy atom. The van der Waals surface area contributed by atoms with Crippen LogP contribution in [0.15, 0.2) is 60.8 Å². The lowest BCUT2D eigenvalue weighted by Gasteiger charge is -2.18. The molecule has 46 heavy (non-hydrogen) atoms. The molecule has 0 saturated carbocycles. The van der Waals surface area contributed by atoms with Gasteiger partial charge in [0.15, 0.2) is 0 Å². The van der Waals surface area contributed by atoms with Gasteiger partial charge in [-0.3, -0.25) is 9.59 Å². The van der Waals surface area contributed by atoms with Crippen LogP contribution in [0.1, 0.15) is 187 Å². The lowest BCUT2D eigenvalue weighted by Crippen LogP contribution is -2.18. The molecule has 0 fully saturated rings. The van der Waals surface area contributed by atoms with Gasteiger partial charge in [-0.15, -0.1) is 0 Å². The molecular weight excluding hydrogens is 568 g/mol. The van der Waals surface area contributed by atoms with Crippen molar-refractivity contribution in [3.63, 3.8) is 0 Å². The van der Waals surface area contributed by atoms with Crippen molar-refractivity contribution >= 4 is 11.9 Å². The van der Waals surface area contributed by atoms with Gasteiger partial charge in [0, 0.05) is 12.8 Å². The second kappa shape index (κ2) is 37.1. The highest BCUT2D eigenvalue weighted by Crippen LogP contribution is 2.18. The van der Waals surface area contributed by atoms with E-state index in [0.717, 1.165) is 83.5 Å². The topological polar surface area (TPSA) is 63.6 Å². The smallest absolute Gasteiger partial charge is 0.306 e. The molecule has 0 amide bonds. The molecule has 0 aliphatic carbocycles. The second-order valence-corrected chi connectivity index (χ2v) is 12.7. The minimum Gasteiger partial charge on any atom is -0.481 e. The molecule has 0 aliphatic heterocycles. The van der Waals surface area contributed by atoms with Crippen LogP contribution in [0, 0.1) is 0 Å². The first-order valence-electron chi connectivity index (χ1n) is 19.3. The third-order valence-electron chi connectivity index (χ3n) is 8.25. The summed E-state index contributed by atoms with van der Waals surface area (Å²) in [6.07, 6.45) is 51.3. The molecule has 1 unspecified atom stereocenters. The van der Waals surface area contributed by atoms with Crippen LogP contribution in [-0.2, 0) is 14.3 Å². The van der Waals surface area contributed by atoms with Gasteiger partial charge in [0.25, 0.3) is 0 Å². The van der Waals surface area contributed by atoms with E-state index in [-0.39, 0.29) is 12.1 Å². The Morgan fingerprint density at radius 1 is 0.500 bits per heavy atom. The van der Waals surface area contributed by atoms with Gasteiger partial charge in [0.05, 0.1) is 0 Å². The Kier molecular flexibility index (Phi) is 35.2. The average molecular weight is 641 g/mol. The predicted molar refractivity (Wildman–Crippen MR) is 199 cm³/mol. The van der Waals surface area contributed by atoms with Gasteiger partial charge in [0.1, 0.15) is 6.10 Å². The Morgan fingerprint density at radius 2 is 0.913 bits per heavy atom. The van der Waals surface area contributed by atoms with E-state index in [0.29, 0.717) is 12.8 Å². The number of esters is 1. The van der Waals surface area contributed by atoms with Crippen LogP contribution >= 0.6 is 0 Å². The van der Waals surface area contributed by atoms with Crippen molar-refractivity contribution in [2.75, 3.05) is 0 Å². The fourth-order valence-corrected chi connectivity index (χ4v) is 5.45. The van der Waals surface area contributed by atoms with E-state index >= 15 is 0 Å². The predicted octanol–water partition coefficient (Wildman–Crippen LogP) is 13.3. The molecule has 0 spiro atoms. The van der Waals surface area contributed by atoms with Gasteiger partial charge in [-0.2, -0.15) is 0 Å². The number of unbranched alkanes of at least 4 members (excludes halogenated alkanes) is 15. The standard InChI is InChI=1S/C42H72O4/c1-3-5-7-8-9-10-11-12-13-14-15-19-22-25-28-31-35-39-42(45)46-40(36-32-6-4-2)37-33-29-26-23-20-17-16-18-21-24-27-30-34-38-41(43)44/h5,7,9-10,12-13,15,19,25,28,40H,3-4,6,8,11,14,16-18,20-24,26-27,29-39H2,1-2H3,(H,43,44)/b7-5-,10-9-,13-12-,19-15-,28-25-. The number of carbonyl (C=O) groups excluding carboxylic acids is 1. The van der Waals surface area contributed by atoms with Crippen LogP contribution in [0.5, 0.6) is 0 Å². The molecule has 0 radical (unpaired) electrons. The number of ether oxygens (including phenoxy) is 1. The molecule has 264 valence electrons. The molecular formula is C42H72O4. The maximum absolute atomic E-state index is 12.5. The Labute approximate surface area is 284 Å².